The first kappa shape index (κ1) is 43.8. The van der Waals surface area contributed by atoms with Crippen LogP contribution in [0, 0.1) is 0 Å². The lowest BCUT2D eigenvalue weighted by atomic mass is 10.1. The normalized spacial score (nSPS) is 13.7. The zero-order valence-electron chi connectivity index (χ0n) is 42.1. The lowest BCUT2D eigenvalue weighted by Gasteiger charge is -2.48. The molecule has 0 aliphatic carbocycles. The molecule has 77 heavy (non-hydrogen) atoms. The lowest BCUT2D eigenvalue weighted by Crippen LogP contribution is -2.93. The maximum Gasteiger partial charge on any atom is 0.179 e. The second-order valence-electron chi connectivity index (χ2n) is 20.7. The van der Waals surface area contributed by atoms with Crippen molar-refractivity contribution in [1.82, 2.24) is 13.7 Å². The largest absolute Gasteiger partial charge is 0.309 e. The molecule has 360 valence electrons. The molecule has 0 bridgehead atoms. The average Bonchev–Trinajstić information content (AvgIpc) is 4.15. The maximum atomic E-state index is 2.56. The minimum atomic E-state index is -3.09. The Balaban J connectivity index is 0.986. The van der Waals surface area contributed by atoms with Crippen molar-refractivity contribution in [2.45, 2.75) is 0 Å². The highest BCUT2D eigenvalue weighted by molar-refractivity contribution is 7.32. The first-order chi connectivity index (χ1) is 38.2. The van der Waals surface area contributed by atoms with Gasteiger partial charge < -0.3 is 13.7 Å². The molecule has 3 nitrogen and oxygen atoms in total. The van der Waals surface area contributed by atoms with Crippen molar-refractivity contribution in [2.24, 2.45) is 0 Å². The number of rotatable bonds is 7. The Labute approximate surface area is 448 Å². The summed E-state index contributed by atoms with van der Waals surface area (Å²) >= 11 is 0. The summed E-state index contributed by atoms with van der Waals surface area (Å²) in [6.45, 7) is 0. The van der Waals surface area contributed by atoms with E-state index >= 15 is 0 Å². The highest BCUT2D eigenvalue weighted by Gasteiger charge is 2.56. The van der Waals surface area contributed by atoms with Crippen molar-refractivity contribution in [3.63, 3.8) is 0 Å². The van der Waals surface area contributed by atoms with Gasteiger partial charge >= 0.3 is 0 Å². The van der Waals surface area contributed by atoms with Crippen LogP contribution in [0.1, 0.15) is 0 Å². The van der Waals surface area contributed by atoms with Crippen molar-refractivity contribution in [3.8, 4) is 17.1 Å². The van der Waals surface area contributed by atoms with E-state index < -0.39 is 16.1 Å². The van der Waals surface area contributed by atoms with Gasteiger partial charge in [0.2, 0.25) is 0 Å². The van der Waals surface area contributed by atoms with Crippen LogP contribution in [0.25, 0.3) is 82.5 Å². The number of hydrogen-bond acceptors (Lipinski definition) is 0. The summed E-state index contributed by atoms with van der Waals surface area (Å²) in [5.41, 5.74) is 10.6. The molecule has 0 fully saturated rings. The second kappa shape index (κ2) is 17.0. The second-order valence-corrected chi connectivity index (χ2v) is 28.2. The third-order valence-corrected chi connectivity index (χ3v) is 27.3. The first-order valence-electron chi connectivity index (χ1n) is 26.8. The third-order valence-electron chi connectivity index (χ3n) is 17.0. The molecule has 0 saturated heterocycles. The van der Waals surface area contributed by atoms with E-state index in [2.05, 4.69) is 311 Å². The minimum Gasteiger partial charge on any atom is -0.309 e. The Bertz CT molecular complexity index is 4450. The van der Waals surface area contributed by atoms with Crippen LogP contribution < -0.4 is 41.5 Å². The van der Waals surface area contributed by atoms with Gasteiger partial charge in [-0.05, 0) is 114 Å². The number of hydrogen-bond donors (Lipinski definition) is 0. The van der Waals surface area contributed by atoms with Crippen molar-refractivity contribution >= 4 is 123 Å². The molecule has 0 N–H and O–H groups in total. The van der Waals surface area contributed by atoms with Gasteiger partial charge in [0.1, 0.15) is 0 Å². The molecular weight excluding hydrogens is 963 g/mol. The van der Waals surface area contributed by atoms with Crippen LogP contribution in [0.15, 0.2) is 297 Å². The van der Waals surface area contributed by atoms with Crippen LogP contribution in [0.5, 0.6) is 0 Å². The van der Waals surface area contributed by atoms with E-state index in [1.54, 1.807) is 0 Å². The molecule has 16 rings (SSSR count). The molecule has 0 spiro atoms. The summed E-state index contributed by atoms with van der Waals surface area (Å²) in [7, 11) is -5.96. The molecule has 0 unspecified atom stereocenters. The van der Waals surface area contributed by atoms with Crippen LogP contribution in [0.3, 0.4) is 0 Å². The molecule has 1 aliphatic heterocycles. The van der Waals surface area contributed by atoms with Gasteiger partial charge in [0, 0.05) is 49.4 Å². The van der Waals surface area contributed by atoms with Gasteiger partial charge in [-0.1, -0.05) is 224 Å². The molecule has 1 aliphatic rings. The molecule has 12 aromatic carbocycles. The van der Waals surface area contributed by atoms with Gasteiger partial charge in [-0.15, -0.1) is 0 Å². The summed E-state index contributed by atoms with van der Waals surface area (Å²) in [5, 5.41) is 18.9. The van der Waals surface area contributed by atoms with Crippen LogP contribution in [-0.2, 0) is 0 Å². The van der Waals surface area contributed by atoms with E-state index in [1.165, 1.54) is 107 Å². The molecule has 0 radical (unpaired) electrons. The molecule has 5 heteroatoms. The highest BCUT2D eigenvalue weighted by Crippen LogP contribution is 2.39. The number of aromatic nitrogens is 3. The Morgan fingerprint density at radius 2 is 0.455 bits per heavy atom. The zero-order valence-corrected chi connectivity index (χ0v) is 44.1. The quantitative estimate of drug-likeness (QED) is 0.141. The molecule has 0 amide bonds. The van der Waals surface area contributed by atoms with Gasteiger partial charge in [-0.3, -0.25) is 0 Å². The van der Waals surface area contributed by atoms with Crippen LogP contribution in [0.4, 0.5) is 0 Å². The van der Waals surface area contributed by atoms with Crippen molar-refractivity contribution in [1.29, 1.82) is 0 Å². The fourth-order valence-electron chi connectivity index (χ4n) is 14.0. The van der Waals surface area contributed by atoms with E-state index in [4.69, 9.17) is 0 Å². The van der Waals surface area contributed by atoms with Crippen molar-refractivity contribution in [3.05, 3.63) is 297 Å². The fraction of sp³-hybridized carbons (Fsp3) is 0. The maximum absolute atomic E-state index is 3.09. The van der Waals surface area contributed by atoms with Crippen molar-refractivity contribution < 1.29 is 0 Å². The lowest BCUT2D eigenvalue weighted by molar-refractivity contribution is 1.16. The Morgan fingerprint density at radius 3 is 0.818 bits per heavy atom. The standard InChI is InChI=1S/C72H49N3Si2/c1-4-24-53(25-5-1)76(54-26-6-2-7-27-54)69-39-18-20-41-71(69)77(55-28-8-3-9-29-55,72-42-21-19-40-70(72)76)56-30-22-23-50(47-56)73-67-45-43-51(74-63-35-14-10-31-57(63)58-32-11-15-36-64(58)74)48-61(67)62-49-52(44-46-68(62)73)75-65-37-16-12-33-59(65)60-34-13-17-38-66(60)75/h1-49H. The smallest absolute Gasteiger partial charge is 0.179 e. The molecule has 4 heterocycles. The molecule has 0 saturated carbocycles. The topological polar surface area (TPSA) is 14.8 Å². The average molecular weight is 1010 g/mol. The Kier molecular flexibility index (Phi) is 9.68. The van der Waals surface area contributed by atoms with Crippen molar-refractivity contribution in [2.75, 3.05) is 0 Å². The summed E-state index contributed by atoms with van der Waals surface area (Å²) in [4.78, 5) is 0. The van der Waals surface area contributed by atoms with Crippen LogP contribution in [-0.4, -0.2) is 29.8 Å². The van der Waals surface area contributed by atoms with Gasteiger partial charge in [0.25, 0.3) is 0 Å². The van der Waals surface area contributed by atoms with Gasteiger partial charge in [0.05, 0.1) is 33.1 Å². The summed E-state index contributed by atoms with van der Waals surface area (Å²) in [6.07, 6.45) is 0. The SMILES string of the molecule is c1ccc([Si]2(c3ccccc3)c3ccccc3[Si](c3ccccc3)(c3cccc(-n4c5ccc(-n6c7ccccc7c7ccccc76)cc5c5cc(-n6c7ccccc7c7ccccc76)ccc54)c3)c3ccccc32)cc1. The summed E-state index contributed by atoms with van der Waals surface area (Å²) < 4.78 is 7.44. The van der Waals surface area contributed by atoms with Gasteiger partial charge in [-0.2, -0.15) is 0 Å². The molecule has 0 atom stereocenters. The van der Waals surface area contributed by atoms with E-state index in [-0.39, 0.29) is 0 Å². The number of fused-ring (bicyclic) bond motifs is 11. The molecular formula is C72H49N3Si2. The van der Waals surface area contributed by atoms with Gasteiger partial charge in [-0.25, -0.2) is 0 Å². The van der Waals surface area contributed by atoms with Crippen LogP contribution >= 0.6 is 0 Å². The highest BCUT2D eigenvalue weighted by atomic mass is 28.3. The third kappa shape index (κ3) is 6.12. The van der Waals surface area contributed by atoms with E-state index in [9.17, 15) is 0 Å². The molecule has 15 aromatic rings. The fourth-order valence-corrected chi connectivity index (χ4v) is 26.1. The minimum absolute atomic E-state index is 1.14. The van der Waals surface area contributed by atoms with Crippen LogP contribution in [0.2, 0.25) is 0 Å². The summed E-state index contributed by atoms with van der Waals surface area (Å²) in [5.74, 6) is 0. The first-order valence-corrected chi connectivity index (χ1v) is 30.8. The Hall–Kier alpha value is -9.53. The number of para-hydroxylation sites is 4. The summed E-state index contributed by atoms with van der Waals surface area (Å²) in [6, 6.07) is 113. The Morgan fingerprint density at radius 1 is 0.182 bits per heavy atom. The zero-order chi connectivity index (χ0) is 50.7. The predicted molar refractivity (Wildman–Crippen MR) is 330 cm³/mol. The predicted octanol–water partition coefficient (Wildman–Crippen LogP) is 12.0. The van der Waals surface area contributed by atoms with E-state index in [1.807, 2.05) is 0 Å². The number of benzene rings is 12. The number of nitrogens with zero attached hydrogens (tertiary/aromatic N) is 3. The molecule has 3 aromatic heterocycles. The van der Waals surface area contributed by atoms with E-state index in [0.717, 1.165) is 17.1 Å². The monoisotopic (exact) mass is 1010 g/mol. The van der Waals surface area contributed by atoms with Gasteiger partial charge in [0.15, 0.2) is 16.1 Å². The van der Waals surface area contributed by atoms with E-state index in [0.29, 0.717) is 0 Å².